The largest absolute Gasteiger partial charge is 0.495 e. The molecule has 0 atom stereocenters. The number of nitrogens with two attached hydrogens (primary N) is 1. The molecule has 19 heavy (non-hydrogen) atoms. The number of hydrogen-bond acceptors (Lipinski definition) is 5. The Kier molecular flexibility index (Phi) is 3.61. The molecule has 1 heterocycles. The molecular formula is C13H14N4O2. The molecule has 0 fully saturated rings. The highest BCUT2D eigenvalue weighted by Crippen LogP contribution is 2.23. The Labute approximate surface area is 110 Å². The van der Waals surface area contributed by atoms with Crippen molar-refractivity contribution in [2.24, 2.45) is 0 Å². The summed E-state index contributed by atoms with van der Waals surface area (Å²) in [5.74, 6) is 0.406. The normalized spacial score (nSPS) is 10.0. The summed E-state index contributed by atoms with van der Waals surface area (Å²) in [6, 6.07) is 7.12. The molecule has 0 saturated carbocycles. The van der Waals surface area contributed by atoms with Gasteiger partial charge in [-0.15, -0.1) is 0 Å². The van der Waals surface area contributed by atoms with Crippen LogP contribution < -0.4 is 15.8 Å². The molecule has 1 aromatic carbocycles. The van der Waals surface area contributed by atoms with Crippen LogP contribution in [0.4, 0.5) is 11.5 Å². The molecule has 0 aliphatic heterocycles. The van der Waals surface area contributed by atoms with Gasteiger partial charge < -0.3 is 15.8 Å². The van der Waals surface area contributed by atoms with E-state index in [-0.39, 0.29) is 17.4 Å². The Hall–Kier alpha value is -2.63. The maximum Gasteiger partial charge on any atom is 0.276 e. The number of carbonyl (C=O) groups is 1. The van der Waals surface area contributed by atoms with E-state index in [0.717, 1.165) is 0 Å². The van der Waals surface area contributed by atoms with Gasteiger partial charge in [-0.2, -0.15) is 0 Å². The van der Waals surface area contributed by atoms with Crippen LogP contribution in [0, 0.1) is 6.92 Å². The van der Waals surface area contributed by atoms with Crippen molar-refractivity contribution in [3.63, 3.8) is 0 Å². The number of nitrogen functional groups attached to an aromatic ring is 1. The van der Waals surface area contributed by atoms with Gasteiger partial charge in [-0.1, -0.05) is 12.1 Å². The van der Waals surface area contributed by atoms with E-state index in [0.29, 0.717) is 17.1 Å². The van der Waals surface area contributed by atoms with E-state index in [2.05, 4.69) is 15.3 Å². The smallest absolute Gasteiger partial charge is 0.276 e. The molecule has 0 aliphatic carbocycles. The van der Waals surface area contributed by atoms with Gasteiger partial charge in [0.25, 0.3) is 5.91 Å². The van der Waals surface area contributed by atoms with Crippen LogP contribution in [0.2, 0.25) is 0 Å². The average molecular weight is 258 g/mol. The van der Waals surface area contributed by atoms with Crippen molar-refractivity contribution in [2.75, 3.05) is 18.2 Å². The van der Waals surface area contributed by atoms with Gasteiger partial charge in [-0.25, -0.2) is 4.98 Å². The number of rotatable bonds is 3. The third-order valence-corrected chi connectivity index (χ3v) is 2.54. The number of nitrogens with zero attached hydrogens (tertiary/aromatic N) is 2. The summed E-state index contributed by atoms with van der Waals surface area (Å²) >= 11 is 0. The number of nitrogens with one attached hydrogen (secondary N) is 1. The Balaban J connectivity index is 2.28. The van der Waals surface area contributed by atoms with Crippen molar-refractivity contribution in [1.82, 2.24) is 9.97 Å². The molecule has 0 saturated heterocycles. The SMILES string of the molecule is COc1ccccc1NC(=O)c1nc(N)cnc1C. The van der Waals surface area contributed by atoms with Gasteiger partial charge in [-0.05, 0) is 19.1 Å². The summed E-state index contributed by atoms with van der Waals surface area (Å²) in [6.07, 6.45) is 1.41. The second kappa shape index (κ2) is 5.34. The molecule has 3 N–H and O–H groups in total. The maximum absolute atomic E-state index is 12.1. The van der Waals surface area contributed by atoms with E-state index in [1.165, 1.54) is 13.3 Å². The number of benzene rings is 1. The second-order valence-electron chi connectivity index (χ2n) is 3.88. The molecule has 0 aliphatic rings. The van der Waals surface area contributed by atoms with Crippen molar-refractivity contribution >= 4 is 17.4 Å². The number of carbonyl (C=O) groups excluding carboxylic acids is 1. The second-order valence-corrected chi connectivity index (χ2v) is 3.88. The number of aryl methyl sites for hydroxylation is 1. The number of methoxy groups -OCH3 is 1. The van der Waals surface area contributed by atoms with Gasteiger partial charge in [0.1, 0.15) is 11.6 Å². The van der Waals surface area contributed by atoms with Gasteiger partial charge in [0.15, 0.2) is 5.69 Å². The minimum Gasteiger partial charge on any atom is -0.495 e. The lowest BCUT2D eigenvalue weighted by molar-refractivity contribution is 0.102. The summed E-state index contributed by atoms with van der Waals surface area (Å²) < 4.78 is 5.16. The summed E-state index contributed by atoms with van der Waals surface area (Å²) in [5, 5.41) is 2.72. The van der Waals surface area contributed by atoms with Crippen molar-refractivity contribution in [1.29, 1.82) is 0 Å². The quantitative estimate of drug-likeness (QED) is 0.873. The van der Waals surface area contributed by atoms with Crippen LogP contribution in [-0.2, 0) is 0 Å². The highest BCUT2D eigenvalue weighted by molar-refractivity contribution is 6.04. The fourth-order valence-electron chi connectivity index (χ4n) is 1.61. The lowest BCUT2D eigenvalue weighted by Crippen LogP contribution is -2.17. The molecule has 1 aromatic heterocycles. The van der Waals surface area contributed by atoms with Crippen LogP contribution >= 0.6 is 0 Å². The zero-order valence-corrected chi connectivity index (χ0v) is 10.7. The molecule has 0 unspecified atom stereocenters. The first-order valence-electron chi connectivity index (χ1n) is 5.65. The zero-order valence-electron chi connectivity index (χ0n) is 10.7. The third kappa shape index (κ3) is 2.79. The molecule has 0 radical (unpaired) electrons. The number of hydrogen-bond donors (Lipinski definition) is 2. The number of para-hydroxylation sites is 2. The lowest BCUT2D eigenvalue weighted by atomic mass is 10.2. The van der Waals surface area contributed by atoms with E-state index >= 15 is 0 Å². The Morgan fingerprint density at radius 1 is 1.37 bits per heavy atom. The lowest BCUT2D eigenvalue weighted by Gasteiger charge is -2.10. The van der Waals surface area contributed by atoms with E-state index in [1.54, 1.807) is 25.1 Å². The first kappa shape index (κ1) is 12.8. The van der Waals surface area contributed by atoms with Crippen LogP contribution in [0.15, 0.2) is 30.5 Å². The monoisotopic (exact) mass is 258 g/mol. The fourth-order valence-corrected chi connectivity index (χ4v) is 1.61. The third-order valence-electron chi connectivity index (χ3n) is 2.54. The van der Waals surface area contributed by atoms with Crippen molar-refractivity contribution in [3.8, 4) is 5.75 Å². The van der Waals surface area contributed by atoms with Crippen molar-refractivity contribution in [2.45, 2.75) is 6.92 Å². The van der Waals surface area contributed by atoms with E-state index in [1.807, 2.05) is 6.07 Å². The van der Waals surface area contributed by atoms with Crippen molar-refractivity contribution in [3.05, 3.63) is 41.9 Å². The maximum atomic E-state index is 12.1. The van der Waals surface area contributed by atoms with Crippen LogP contribution in [0.5, 0.6) is 5.75 Å². The molecule has 0 bridgehead atoms. The Morgan fingerprint density at radius 3 is 2.84 bits per heavy atom. The minimum atomic E-state index is -0.373. The molecule has 2 rings (SSSR count). The van der Waals surface area contributed by atoms with Crippen LogP contribution in [0.3, 0.4) is 0 Å². The molecule has 98 valence electrons. The first-order valence-corrected chi connectivity index (χ1v) is 5.65. The molecule has 1 amide bonds. The fraction of sp³-hybridized carbons (Fsp3) is 0.154. The molecule has 6 heteroatoms. The summed E-state index contributed by atoms with van der Waals surface area (Å²) in [5.41, 5.74) is 6.82. The topological polar surface area (TPSA) is 90.1 Å². The summed E-state index contributed by atoms with van der Waals surface area (Å²) in [4.78, 5) is 20.1. The number of ether oxygens (including phenoxy) is 1. The van der Waals surface area contributed by atoms with Gasteiger partial charge in [0, 0.05) is 0 Å². The van der Waals surface area contributed by atoms with Gasteiger partial charge in [-0.3, -0.25) is 9.78 Å². The average Bonchev–Trinajstić information content (AvgIpc) is 2.42. The first-order chi connectivity index (χ1) is 9.11. The van der Waals surface area contributed by atoms with Gasteiger partial charge in [0.05, 0.1) is 24.7 Å². The van der Waals surface area contributed by atoms with E-state index in [9.17, 15) is 4.79 Å². The highest BCUT2D eigenvalue weighted by Gasteiger charge is 2.14. The summed E-state index contributed by atoms with van der Waals surface area (Å²) in [6.45, 7) is 1.70. The van der Waals surface area contributed by atoms with Crippen LogP contribution in [0.1, 0.15) is 16.2 Å². The summed E-state index contributed by atoms with van der Waals surface area (Å²) in [7, 11) is 1.54. The van der Waals surface area contributed by atoms with Crippen LogP contribution in [0.25, 0.3) is 0 Å². The highest BCUT2D eigenvalue weighted by atomic mass is 16.5. The molecule has 0 spiro atoms. The number of amides is 1. The van der Waals surface area contributed by atoms with Gasteiger partial charge >= 0.3 is 0 Å². The predicted molar refractivity (Wildman–Crippen MR) is 72.1 cm³/mol. The number of anilines is 2. The van der Waals surface area contributed by atoms with E-state index in [4.69, 9.17) is 10.5 Å². The molecule has 6 nitrogen and oxygen atoms in total. The molecular weight excluding hydrogens is 244 g/mol. The Bertz CT molecular complexity index is 613. The number of aromatic nitrogens is 2. The minimum absolute atomic E-state index is 0.200. The Morgan fingerprint density at radius 2 is 2.11 bits per heavy atom. The van der Waals surface area contributed by atoms with E-state index < -0.39 is 0 Å². The van der Waals surface area contributed by atoms with Gasteiger partial charge in [0.2, 0.25) is 0 Å². The molecule has 2 aromatic rings. The van der Waals surface area contributed by atoms with Crippen molar-refractivity contribution < 1.29 is 9.53 Å². The standard InChI is InChI=1S/C13H14N4O2/c1-8-12(17-11(14)7-15-8)13(18)16-9-5-3-4-6-10(9)19-2/h3-7H,1-2H3,(H2,14,17)(H,16,18). The van der Waals surface area contributed by atoms with Crippen LogP contribution in [-0.4, -0.2) is 23.0 Å². The predicted octanol–water partition coefficient (Wildman–Crippen LogP) is 1.63. The zero-order chi connectivity index (χ0) is 13.8.